The maximum absolute atomic E-state index is 10.4. The average Bonchev–Trinajstić information content (AvgIpc) is 1.90. The van der Waals surface area contributed by atoms with Crippen LogP contribution in [0.15, 0.2) is 11.8 Å². The Morgan fingerprint density at radius 2 is 2.44 bits per heavy atom. The van der Waals surface area contributed by atoms with Gasteiger partial charge in [-0.25, -0.2) is 4.79 Å². The lowest BCUT2D eigenvalue weighted by molar-refractivity contribution is -0.135. The van der Waals surface area contributed by atoms with Crippen LogP contribution < -0.4 is 5.73 Å². The molecule has 4 heteroatoms. The van der Waals surface area contributed by atoms with E-state index in [0.717, 1.165) is 6.20 Å². The molecule has 0 aliphatic heterocycles. The summed E-state index contributed by atoms with van der Waals surface area (Å²) >= 11 is 0. The molecule has 0 heterocycles. The number of nitrogens with two attached hydrogens (primary N) is 1. The number of rotatable bonds is 1. The van der Waals surface area contributed by atoms with Gasteiger partial charge < -0.3 is 10.5 Å². The van der Waals surface area contributed by atoms with Crippen LogP contribution in [0, 0.1) is 11.3 Å². The standard InChI is InChI=1S/C5H6N2O2/c1-9-5(8)4(2-6)3-7/h2H,6H2,1H3. The van der Waals surface area contributed by atoms with Crippen LogP contribution >= 0.6 is 0 Å². The van der Waals surface area contributed by atoms with Crippen LogP contribution in [-0.2, 0) is 9.53 Å². The molecule has 0 aromatic carbocycles. The molecule has 0 aliphatic rings. The lowest BCUT2D eigenvalue weighted by atomic mass is 10.3. The number of methoxy groups -OCH3 is 1. The molecule has 0 saturated carbocycles. The van der Waals surface area contributed by atoms with Gasteiger partial charge >= 0.3 is 5.97 Å². The Morgan fingerprint density at radius 1 is 1.89 bits per heavy atom. The summed E-state index contributed by atoms with van der Waals surface area (Å²) in [6, 6.07) is 1.56. The van der Waals surface area contributed by atoms with E-state index < -0.39 is 5.97 Å². The van der Waals surface area contributed by atoms with E-state index in [1.807, 2.05) is 0 Å². The lowest BCUT2D eigenvalue weighted by Gasteiger charge is -1.91. The normalized spacial score (nSPS) is 10.0. The van der Waals surface area contributed by atoms with Crippen LogP contribution in [0.1, 0.15) is 0 Å². The van der Waals surface area contributed by atoms with Crippen molar-refractivity contribution in [2.24, 2.45) is 5.73 Å². The van der Waals surface area contributed by atoms with Gasteiger partial charge in [-0.1, -0.05) is 0 Å². The summed E-state index contributed by atoms with van der Waals surface area (Å²) < 4.78 is 4.18. The summed E-state index contributed by atoms with van der Waals surface area (Å²) in [5.41, 5.74) is 4.69. The fourth-order valence-corrected chi connectivity index (χ4v) is 0.261. The fourth-order valence-electron chi connectivity index (χ4n) is 0.261. The molecule has 0 rings (SSSR count). The van der Waals surface area contributed by atoms with Crippen molar-refractivity contribution < 1.29 is 9.53 Å². The van der Waals surface area contributed by atoms with Crippen molar-refractivity contribution in [1.82, 2.24) is 0 Å². The first kappa shape index (κ1) is 7.50. The zero-order valence-corrected chi connectivity index (χ0v) is 4.92. The summed E-state index contributed by atoms with van der Waals surface area (Å²) in [6.45, 7) is 0. The second-order valence-corrected chi connectivity index (χ2v) is 1.18. The fraction of sp³-hybridized carbons (Fsp3) is 0.200. The van der Waals surface area contributed by atoms with Crippen molar-refractivity contribution in [3.63, 3.8) is 0 Å². The van der Waals surface area contributed by atoms with Crippen LogP contribution in [-0.4, -0.2) is 13.1 Å². The first-order valence-corrected chi connectivity index (χ1v) is 2.16. The van der Waals surface area contributed by atoms with E-state index in [-0.39, 0.29) is 5.57 Å². The van der Waals surface area contributed by atoms with Crippen molar-refractivity contribution in [3.05, 3.63) is 11.8 Å². The highest BCUT2D eigenvalue weighted by atomic mass is 16.5. The number of nitrogens with zero attached hydrogens (tertiary/aromatic N) is 1. The number of ether oxygens (including phenoxy) is 1. The van der Waals surface area contributed by atoms with Crippen molar-refractivity contribution in [3.8, 4) is 6.07 Å². The Bertz CT molecular complexity index is 178. The molecule has 48 valence electrons. The zero-order chi connectivity index (χ0) is 7.28. The maximum atomic E-state index is 10.4. The summed E-state index contributed by atoms with van der Waals surface area (Å²) in [5, 5.41) is 8.13. The van der Waals surface area contributed by atoms with E-state index in [4.69, 9.17) is 11.0 Å². The van der Waals surface area contributed by atoms with Gasteiger partial charge in [0.15, 0.2) is 5.57 Å². The number of nitriles is 1. The van der Waals surface area contributed by atoms with Crippen LogP contribution in [0.25, 0.3) is 0 Å². The van der Waals surface area contributed by atoms with Gasteiger partial charge in [0.1, 0.15) is 6.07 Å². The maximum Gasteiger partial charge on any atom is 0.350 e. The molecule has 0 atom stereocenters. The summed E-state index contributed by atoms with van der Waals surface area (Å²) in [7, 11) is 1.18. The number of carbonyl (C=O) groups excluding carboxylic acids is 1. The molecular weight excluding hydrogens is 120 g/mol. The Hall–Kier alpha value is -1.50. The third-order valence-electron chi connectivity index (χ3n) is 0.692. The molecule has 0 aromatic rings. The number of esters is 1. The minimum atomic E-state index is -0.708. The van der Waals surface area contributed by atoms with E-state index in [1.165, 1.54) is 7.11 Å². The van der Waals surface area contributed by atoms with E-state index in [2.05, 4.69) is 4.74 Å². The van der Waals surface area contributed by atoms with Gasteiger partial charge in [-0.2, -0.15) is 5.26 Å². The van der Waals surface area contributed by atoms with Gasteiger partial charge in [-0.3, -0.25) is 0 Å². The molecule has 2 N–H and O–H groups in total. The van der Waals surface area contributed by atoms with E-state index in [0.29, 0.717) is 0 Å². The van der Waals surface area contributed by atoms with Crippen molar-refractivity contribution in [2.45, 2.75) is 0 Å². The smallest absolute Gasteiger partial charge is 0.350 e. The third-order valence-corrected chi connectivity index (χ3v) is 0.692. The SMILES string of the molecule is COC(=O)C(C#N)=CN. The minimum Gasteiger partial charge on any atom is -0.465 e. The van der Waals surface area contributed by atoms with Gasteiger partial charge in [0.05, 0.1) is 7.11 Å². The van der Waals surface area contributed by atoms with E-state index >= 15 is 0 Å². The van der Waals surface area contributed by atoms with Gasteiger partial charge in [0.25, 0.3) is 0 Å². The summed E-state index contributed by atoms with van der Waals surface area (Å²) in [6.07, 6.45) is 0.909. The van der Waals surface area contributed by atoms with Crippen LogP contribution in [0.5, 0.6) is 0 Å². The monoisotopic (exact) mass is 126 g/mol. The largest absolute Gasteiger partial charge is 0.465 e. The minimum absolute atomic E-state index is 0.183. The lowest BCUT2D eigenvalue weighted by Crippen LogP contribution is -2.04. The number of carbonyl (C=O) groups is 1. The summed E-state index contributed by atoms with van der Waals surface area (Å²) in [4.78, 5) is 10.4. The first-order chi connectivity index (χ1) is 4.26. The van der Waals surface area contributed by atoms with E-state index in [1.54, 1.807) is 6.07 Å². The van der Waals surface area contributed by atoms with Gasteiger partial charge in [-0.15, -0.1) is 0 Å². The Morgan fingerprint density at radius 3 is 2.56 bits per heavy atom. The molecule has 0 unspecified atom stereocenters. The quantitative estimate of drug-likeness (QED) is 0.292. The molecule has 0 spiro atoms. The molecule has 0 radical (unpaired) electrons. The van der Waals surface area contributed by atoms with E-state index in [9.17, 15) is 4.79 Å². The third kappa shape index (κ3) is 1.82. The predicted molar refractivity (Wildman–Crippen MR) is 29.9 cm³/mol. The van der Waals surface area contributed by atoms with Gasteiger partial charge in [0.2, 0.25) is 0 Å². The zero-order valence-electron chi connectivity index (χ0n) is 4.92. The number of hydrogen-bond donors (Lipinski definition) is 1. The highest BCUT2D eigenvalue weighted by Crippen LogP contribution is 1.90. The molecule has 0 aromatic heterocycles. The molecule has 0 bridgehead atoms. The Kier molecular flexibility index (Phi) is 2.91. The average molecular weight is 126 g/mol. The van der Waals surface area contributed by atoms with Crippen molar-refractivity contribution in [1.29, 1.82) is 5.26 Å². The van der Waals surface area contributed by atoms with Crippen molar-refractivity contribution >= 4 is 5.97 Å². The molecule has 0 fully saturated rings. The van der Waals surface area contributed by atoms with Crippen LogP contribution in [0.3, 0.4) is 0 Å². The second-order valence-electron chi connectivity index (χ2n) is 1.18. The molecule has 0 amide bonds. The van der Waals surface area contributed by atoms with Crippen LogP contribution in [0.4, 0.5) is 0 Å². The topological polar surface area (TPSA) is 76.1 Å². The highest BCUT2D eigenvalue weighted by molar-refractivity contribution is 5.92. The van der Waals surface area contributed by atoms with Gasteiger partial charge in [-0.05, 0) is 0 Å². The summed E-state index contributed by atoms with van der Waals surface area (Å²) in [5.74, 6) is -0.708. The Balaban J connectivity index is 4.19. The predicted octanol–water partition coefficient (Wildman–Crippen LogP) is -0.474. The molecule has 9 heavy (non-hydrogen) atoms. The molecule has 0 saturated heterocycles. The highest BCUT2D eigenvalue weighted by Gasteiger charge is 2.05. The molecular formula is C5H6N2O2. The van der Waals surface area contributed by atoms with Crippen LogP contribution in [0.2, 0.25) is 0 Å². The van der Waals surface area contributed by atoms with Crippen molar-refractivity contribution in [2.75, 3.05) is 7.11 Å². The molecule has 4 nitrogen and oxygen atoms in total. The molecule has 0 aliphatic carbocycles. The Labute approximate surface area is 52.5 Å². The second kappa shape index (κ2) is 3.50. The first-order valence-electron chi connectivity index (χ1n) is 2.16. The van der Waals surface area contributed by atoms with Gasteiger partial charge in [0, 0.05) is 6.20 Å². The number of hydrogen-bond acceptors (Lipinski definition) is 4.